The lowest BCUT2D eigenvalue weighted by Crippen LogP contribution is -2.40. The fourth-order valence-electron chi connectivity index (χ4n) is 2.48. The molecule has 1 aliphatic rings. The summed E-state index contributed by atoms with van der Waals surface area (Å²) in [6, 6.07) is 9.25. The summed E-state index contributed by atoms with van der Waals surface area (Å²) >= 11 is 0. The van der Waals surface area contributed by atoms with Gasteiger partial charge in [0.1, 0.15) is 0 Å². The Labute approximate surface area is 116 Å². The molecule has 1 aromatic heterocycles. The van der Waals surface area contributed by atoms with Gasteiger partial charge in [-0.3, -0.25) is 4.79 Å². The third-order valence-corrected chi connectivity index (χ3v) is 3.56. The van der Waals surface area contributed by atoms with Crippen molar-refractivity contribution in [2.45, 2.75) is 19.3 Å². The van der Waals surface area contributed by atoms with Crippen LogP contribution in [0.4, 0.5) is 5.95 Å². The highest BCUT2D eigenvalue weighted by Gasteiger charge is 2.18. The van der Waals surface area contributed by atoms with Crippen LogP contribution < -0.4 is 16.3 Å². The second-order valence-corrected chi connectivity index (χ2v) is 4.94. The summed E-state index contributed by atoms with van der Waals surface area (Å²) in [5.74, 6) is 6.36. The Bertz CT molecular complexity index is 646. The van der Waals surface area contributed by atoms with Crippen molar-refractivity contribution in [3.63, 3.8) is 0 Å². The van der Waals surface area contributed by atoms with Crippen molar-refractivity contribution in [1.29, 1.82) is 0 Å². The van der Waals surface area contributed by atoms with Gasteiger partial charge in [-0.05, 0) is 19.3 Å². The maximum absolute atomic E-state index is 12.3. The number of nitrogens with two attached hydrogens (primary N) is 1. The molecule has 2 N–H and O–H groups in total. The van der Waals surface area contributed by atoms with Gasteiger partial charge in [0.25, 0.3) is 5.56 Å². The Kier molecular flexibility index (Phi) is 3.37. The normalized spacial score (nSPS) is 15.3. The van der Waals surface area contributed by atoms with Crippen molar-refractivity contribution >= 4 is 5.95 Å². The quantitative estimate of drug-likeness (QED) is 0.825. The zero-order chi connectivity index (χ0) is 13.9. The van der Waals surface area contributed by atoms with Gasteiger partial charge in [0.15, 0.2) is 5.69 Å². The van der Waals surface area contributed by atoms with Crippen LogP contribution in [0.25, 0.3) is 11.3 Å². The number of hydrogen-bond acceptors (Lipinski definition) is 5. The van der Waals surface area contributed by atoms with E-state index in [9.17, 15) is 4.79 Å². The minimum atomic E-state index is -0.313. The van der Waals surface area contributed by atoms with E-state index in [1.54, 1.807) is 0 Å². The van der Waals surface area contributed by atoms with Crippen LogP contribution in [0.3, 0.4) is 0 Å². The van der Waals surface area contributed by atoms with E-state index in [2.05, 4.69) is 10.2 Å². The van der Waals surface area contributed by atoms with Gasteiger partial charge < -0.3 is 10.7 Å². The van der Waals surface area contributed by atoms with Gasteiger partial charge in [-0.15, -0.1) is 10.2 Å². The predicted molar refractivity (Wildman–Crippen MR) is 77.9 cm³/mol. The van der Waals surface area contributed by atoms with Gasteiger partial charge in [0.05, 0.1) is 0 Å². The molecule has 2 aromatic rings. The molecule has 104 valence electrons. The molecule has 0 amide bonds. The lowest BCUT2D eigenvalue weighted by molar-refractivity contribution is 0.556. The molecule has 0 unspecified atom stereocenters. The number of benzene rings is 1. The van der Waals surface area contributed by atoms with Crippen LogP contribution in [-0.4, -0.2) is 28.0 Å². The molecular weight excluding hydrogens is 254 g/mol. The molecule has 1 saturated heterocycles. The van der Waals surface area contributed by atoms with E-state index < -0.39 is 0 Å². The average molecular weight is 271 g/mol. The minimum Gasteiger partial charge on any atom is -0.339 e. The molecule has 0 saturated carbocycles. The summed E-state index contributed by atoms with van der Waals surface area (Å²) in [5.41, 5.74) is 0.704. The highest BCUT2D eigenvalue weighted by Crippen LogP contribution is 2.16. The number of nitrogens with zero attached hydrogens (tertiary/aromatic N) is 4. The Hall–Kier alpha value is -2.37. The third kappa shape index (κ3) is 2.24. The zero-order valence-corrected chi connectivity index (χ0v) is 11.2. The van der Waals surface area contributed by atoms with Crippen molar-refractivity contribution in [2.24, 2.45) is 0 Å². The van der Waals surface area contributed by atoms with E-state index in [1.165, 1.54) is 6.42 Å². The molecule has 3 rings (SSSR count). The van der Waals surface area contributed by atoms with E-state index >= 15 is 0 Å². The maximum Gasteiger partial charge on any atom is 0.300 e. The molecule has 0 atom stereocenters. The molecular formula is C14H17N5O. The van der Waals surface area contributed by atoms with Crippen LogP contribution in [-0.2, 0) is 0 Å². The van der Waals surface area contributed by atoms with E-state index in [1.807, 2.05) is 35.2 Å². The number of rotatable bonds is 2. The second-order valence-electron chi connectivity index (χ2n) is 4.94. The molecule has 0 radical (unpaired) electrons. The van der Waals surface area contributed by atoms with E-state index in [-0.39, 0.29) is 11.3 Å². The number of hydrogen-bond donors (Lipinski definition) is 1. The van der Waals surface area contributed by atoms with Crippen molar-refractivity contribution in [2.75, 3.05) is 23.8 Å². The third-order valence-electron chi connectivity index (χ3n) is 3.56. The summed E-state index contributed by atoms with van der Waals surface area (Å²) in [5, 5.41) is 8.23. The minimum absolute atomic E-state index is 0.286. The molecule has 1 aliphatic heterocycles. The van der Waals surface area contributed by atoms with Crippen LogP contribution in [0.5, 0.6) is 0 Å². The van der Waals surface area contributed by atoms with Crippen molar-refractivity contribution in [3.05, 3.63) is 40.7 Å². The van der Waals surface area contributed by atoms with Crippen molar-refractivity contribution in [3.8, 4) is 11.3 Å². The Morgan fingerprint density at radius 3 is 2.40 bits per heavy atom. The number of nitrogen functional groups attached to an aromatic ring is 1. The SMILES string of the molecule is Nn1c(N2CCCCC2)nnc(-c2ccccc2)c1=O. The Morgan fingerprint density at radius 1 is 1.00 bits per heavy atom. The molecule has 6 nitrogen and oxygen atoms in total. The van der Waals surface area contributed by atoms with Crippen LogP contribution in [0.1, 0.15) is 19.3 Å². The van der Waals surface area contributed by atoms with E-state index in [0.717, 1.165) is 36.2 Å². The van der Waals surface area contributed by atoms with Gasteiger partial charge >= 0.3 is 0 Å². The Balaban J connectivity index is 2.01. The first-order valence-corrected chi connectivity index (χ1v) is 6.82. The predicted octanol–water partition coefficient (Wildman–Crippen LogP) is 1.01. The summed E-state index contributed by atoms with van der Waals surface area (Å²) < 4.78 is 1.11. The molecule has 1 fully saturated rings. The first-order chi connectivity index (χ1) is 9.77. The van der Waals surface area contributed by atoms with Gasteiger partial charge in [0.2, 0.25) is 5.95 Å². The second kappa shape index (κ2) is 5.32. The Morgan fingerprint density at radius 2 is 1.70 bits per heavy atom. The highest BCUT2D eigenvalue weighted by molar-refractivity contribution is 5.57. The standard InChI is InChI=1S/C14H17N5O/c15-19-13(20)12(11-7-3-1-4-8-11)16-17-14(19)18-9-5-2-6-10-18/h1,3-4,7-8H,2,5-6,9-10,15H2. The van der Waals surface area contributed by atoms with Crippen LogP contribution in [0, 0.1) is 0 Å². The van der Waals surface area contributed by atoms with Gasteiger partial charge in [-0.1, -0.05) is 30.3 Å². The number of piperidine rings is 1. The first kappa shape index (κ1) is 12.7. The maximum atomic E-state index is 12.3. The lowest BCUT2D eigenvalue weighted by Gasteiger charge is -2.27. The summed E-state index contributed by atoms with van der Waals surface area (Å²) in [7, 11) is 0. The van der Waals surface area contributed by atoms with Crippen LogP contribution in [0.15, 0.2) is 35.1 Å². The topological polar surface area (TPSA) is 77.0 Å². The molecule has 20 heavy (non-hydrogen) atoms. The molecule has 2 heterocycles. The fourth-order valence-corrected chi connectivity index (χ4v) is 2.48. The molecule has 0 spiro atoms. The average Bonchev–Trinajstić information content (AvgIpc) is 2.52. The number of aromatic nitrogens is 3. The monoisotopic (exact) mass is 271 g/mol. The van der Waals surface area contributed by atoms with E-state index in [4.69, 9.17) is 5.84 Å². The summed E-state index contributed by atoms with van der Waals surface area (Å²) in [4.78, 5) is 14.4. The van der Waals surface area contributed by atoms with Crippen LogP contribution >= 0.6 is 0 Å². The lowest BCUT2D eigenvalue weighted by atomic mass is 10.1. The van der Waals surface area contributed by atoms with Crippen molar-refractivity contribution < 1.29 is 0 Å². The van der Waals surface area contributed by atoms with Crippen molar-refractivity contribution in [1.82, 2.24) is 14.9 Å². The molecule has 6 heteroatoms. The fraction of sp³-hybridized carbons (Fsp3) is 0.357. The summed E-state index contributed by atoms with van der Waals surface area (Å²) in [6.07, 6.45) is 3.40. The van der Waals surface area contributed by atoms with Crippen LogP contribution in [0.2, 0.25) is 0 Å². The van der Waals surface area contributed by atoms with Gasteiger partial charge in [0, 0.05) is 18.7 Å². The van der Waals surface area contributed by atoms with Gasteiger partial charge in [-0.25, -0.2) is 0 Å². The zero-order valence-electron chi connectivity index (χ0n) is 11.2. The highest BCUT2D eigenvalue weighted by atomic mass is 16.1. The van der Waals surface area contributed by atoms with Gasteiger partial charge in [-0.2, -0.15) is 4.68 Å². The molecule has 1 aromatic carbocycles. The van der Waals surface area contributed by atoms with E-state index in [0.29, 0.717) is 5.95 Å². The number of anilines is 1. The molecule has 0 bridgehead atoms. The largest absolute Gasteiger partial charge is 0.339 e. The first-order valence-electron chi connectivity index (χ1n) is 6.82. The smallest absolute Gasteiger partial charge is 0.300 e. The summed E-state index contributed by atoms with van der Waals surface area (Å²) in [6.45, 7) is 1.74. The molecule has 0 aliphatic carbocycles.